The predicted molar refractivity (Wildman–Crippen MR) is 87.6 cm³/mol. The van der Waals surface area contributed by atoms with Crippen LogP contribution in [0.3, 0.4) is 0 Å². The Bertz CT molecular complexity index is 719. The molecule has 2 aliphatic heterocycles. The highest BCUT2D eigenvalue weighted by atomic mass is 16.5. The Morgan fingerprint density at radius 1 is 1.36 bits per heavy atom. The standard InChI is InChI=1S/C17H18N4O4/c18-9-11-1-3-13(4-2-11)21-16(23)14(20-17(21)24)5-6-15(22)19-12-7-8-25-10-12/h1-4,12,14H,5-8,10H2,(H,19,22)(H,20,24). The van der Waals surface area contributed by atoms with E-state index in [1.54, 1.807) is 24.3 Å². The average molecular weight is 342 g/mol. The number of ether oxygens (including phenoxy) is 1. The third-order valence-electron chi connectivity index (χ3n) is 4.23. The summed E-state index contributed by atoms with van der Waals surface area (Å²) >= 11 is 0. The lowest BCUT2D eigenvalue weighted by Gasteiger charge is -2.13. The second-order valence-corrected chi connectivity index (χ2v) is 6.00. The minimum atomic E-state index is -0.728. The normalized spacial score (nSPS) is 22.6. The van der Waals surface area contributed by atoms with Crippen molar-refractivity contribution in [1.82, 2.24) is 10.6 Å². The van der Waals surface area contributed by atoms with Gasteiger partial charge in [0.05, 0.1) is 30.0 Å². The molecule has 1 aromatic carbocycles. The SMILES string of the molecule is N#Cc1ccc(N2C(=O)NC(CCC(=O)NC3CCOC3)C2=O)cc1. The Morgan fingerprint density at radius 2 is 2.12 bits per heavy atom. The topological polar surface area (TPSA) is 112 Å². The van der Waals surface area contributed by atoms with Crippen molar-refractivity contribution in [1.29, 1.82) is 5.26 Å². The second-order valence-electron chi connectivity index (χ2n) is 6.00. The summed E-state index contributed by atoms with van der Waals surface area (Å²) in [6, 6.07) is 6.93. The van der Waals surface area contributed by atoms with E-state index in [9.17, 15) is 14.4 Å². The molecule has 2 unspecified atom stereocenters. The van der Waals surface area contributed by atoms with Gasteiger partial charge in [-0.25, -0.2) is 9.69 Å². The third kappa shape index (κ3) is 3.78. The molecule has 0 aromatic heterocycles. The molecule has 0 spiro atoms. The van der Waals surface area contributed by atoms with E-state index in [1.807, 2.05) is 6.07 Å². The summed E-state index contributed by atoms with van der Waals surface area (Å²) in [5.41, 5.74) is 0.844. The number of nitrogens with zero attached hydrogens (tertiary/aromatic N) is 2. The summed E-state index contributed by atoms with van der Waals surface area (Å²) in [7, 11) is 0. The van der Waals surface area contributed by atoms with Gasteiger partial charge in [0.25, 0.3) is 5.91 Å². The molecule has 2 fully saturated rings. The van der Waals surface area contributed by atoms with Gasteiger partial charge in [-0.2, -0.15) is 5.26 Å². The van der Waals surface area contributed by atoms with Crippen molar-refractivity contribution in [2.75, 3.05) is 18.1 Å². The van der Waals surface area contributed by atoms with Crippen LogP contribution in [-0.2, 0) is 14.3 Å². The van der Waals surface area contributed by atoms with Crippen LogP contribution in [0.15, 0.2) is 24.3 Å². The number of urea groups is 1. The van der Waals surface area contributed by atoms with Crippen LogP contribution in [0.25, 0.3) is 0 Å². The molecule has 2 saturated heterocycles. The number of amides is 4. The fourth-order valence-electron chi connectivity index (χ4n) is 2.88. The van der Waals surface area contributed by atoms with Crippen molar-refractivity contribution in [3.63, 3.8) is 0 Å². The van der Waals surface area contributed by atoms with Gasteiger partial charge in [-0.05, 0) is 37.1 Å². The molecule has 2 atom stereocenters. The zero-order valence-electron chi connectivity index (χ0n) is 13.5. The molecule has 2 heterocycles. The van der Waals surface area contributed by atoms with E-state index in [2.05, 4.69) is 10.6 Å². The maximum Gasteiger partial charge on any atom is 0.329 e. The Balaban J connectivity index is 1.57. The quantitative estimate of drug-likeness (QED) is 0.764. The summed E-state index contributed by atoms with van der Waals surface area (Å²) in [6.45, 7) is 1.15. The van der Waals surface area contributed by atoms with Crippen molar-refractivity contribution in [2.45, 2.75) is 31.3 Å². The molecule has 8 nitrogen and oxygen atoms in total. The number of imide groups is 1. The van der Waals surface area contributed by atoms with Crippen LogP contribution >= 0.6 is 0 Å². The predicted octanol–water partition coefficient (Wildman–Crippen LogP) is 0.668. The van der Waals surface area contributed by atoms with Crippen LogP contribution in [0.1, 0.15) is 24.8 Å². The molecule has 8 heteroatoms. The van der Waals surface area contributed by atoms with Crippen molar-refractivity contribution in [3.8, 4) is 6.07 Å². The number of hydrogen-bond acceptors (Lipinski definition) is 5. The van der Waals surface area contributed by atoms with Crippen molar-refractivity contribution in [2.24, 2.45) is 0 Å². The van der Waals surface area contributed by atoms with E-state index in [1.165, 1.54) is 0 Å². The van der Waals surface area contributed by atoms with Crippen LogP contribution in [0.5, 0.6) is 0 Å². The van der Waals surface area contributed by atoms with Gasteiger partial charge in [0.2, 0.25) is 5.91 Å². The van der Waals surface area contributed by atoms with E-state index in [4.69, 9.17) is 10.00 Å². The first-order valence-electron chi connectivity index (χ1n) is 8.10. The first kappa shape index (κ1) is 16.9. The molecular weight excluding hydrogens is 324 g/mol. The molecule has 25 heavy (non-hydrogen) atoms. The molecule has 2 aliphatic rings. The smallest absolute Gasteiger partial charge is 0.329 e. The molecule has 0 aliphatic carbocycles. The number of benzene rings is 1. The third-order valence-corrected chi connectivity index (χ3v) is 4.23. The average Bonchev–Trinajstić information content (AvgIpc) is 3.21. The summed E-state index contributed by atoms with van der Waals surface area (Å²) in [5.74, 6) is -0.555. The van der Waals surface area contributed by atoms with Crippen LogP contribution in [0.4, 0.5) is 10.5 Å². The monoisotopic (exact) mass is 342 g/mol. The highest BCUT2D eigenvalue weighted by molar-refractivity contribution is 6.21. The van der Waals surface area contributed by atoms with Crippen molar-refractivity contribution < 1.29 is 19.1 Å². The Labute approximate surface area is 144 Å². The van der Waals surface area contributed by atoms with Crippen LogP contribution in [-0.4, -0.2) is 43.1 Å². The number of nitrogens with one attached hydrogen (secondary N) is 2. The lowest BCUT2D eigenvalue weighted by molar-refractivity contribution is -0.122. The minimum Gasteiger partial charge on any atom is -0.379 e. The maximum atomic E-state index is 12.5. The summed E-state index contributed by atoms with van der Waals surface area (Å²) in [6.07, 6.45) is 1.17. The van der Waals surface area contributed by atoms with E-state index < -0.39 is 18.0 Å². The van der Waals surface area contributed by atoms with Crippen molar-refractivity contribution >= 4 is 23.5 Å². The van der Waals surface area contributed by atoms with Gasteiger partial charge < -0.3 is 15.4 Å². The molecule has 1 aromatic rings. The van der Waals surface area contributed by atoms with E-state index in [-0.39, 0.29) is 24.8 Å². The van der Waals surface area contributed by atoms with E-state index in [0.717, 1.165) is 11.3 Å². The van der Waals surface area contributed by atoms with Crippen molar-refractivity contribution in [3.05, 3.63) is 29.8 Å². The van der Waals surface area contributed by atoms with Crippen LogP contribution in [0, 0.1) is 11.3 Å². The highest BCUT2D eigenvalue weighted by Crippen LogP contribution is 2.21. The molecule has 0 radical (unpaired) electrons. The van der Waals surface area contributed by atoms with Crippen LogP contribution in [0.2, 0.25) is 0 Å². The van der Waals surface area contributed by atoms with Gasteiger partial charge in [0, 0.05) is 13.0 Å². The Morgan fingerprint density at radius 3 is 2.76 bits per heavy atom. The fourth-order valence-corrected chi connectivity index (χ4v) is 2.88. The zero-order chi connectivity index (χ0) is 17.8. The first-order valence-corrected chi connectivity index (χ1v) is 8.10. The van der Waals surface area contributed by atoms with Crippen LogP contribution < -0.4 is 15.5 Å². The number of carbonyl (C=O) groups excluding carboxylic acids is 3. The minimum absolute atomic E-state index is 0.0246. The molecule has 0 bridgehead atoms. The number of anilines is 1. The van der Waals surface area contributed by atoms with Gasteiger partial charge in [-0.3, -0.25) is 9.59 Å². The van der Waals surface area contributed by atoms with Gasteiger partial charge in [0.15, 0.2) is 0 Å². The lowest BCUT2D eigenvalue weighted by atomic mass is 10.1. The fraction of sp³-hybridized carbons (Fsp3) is 0.412. The Kier molecular flexibility index (Phi) is 4.95. The first-order chi connectivity index (χ1) is 12.1. The molecule has 130 valence electrons. The number of hydrogen-bond donors (Lipinski definition) is 2. The number of nitriles is 1. The lowest BCUT2D eigenvalue weighted by Crippen LogP contribution is -2.37. The van der Waals surface area contributed by atoms with Gasteiger partial charge >= 0.3 is 6.03 Å². The highest BCUT2D eigenvalue weighted by Gasteiger charge is 2.39. The number of rotatable bonds is 5. The van der Waals surface area contributed by atoms with Gasteiger partial charge in [0.1, 0.15) is 6.04 Å². The molecule has 3 rings (SSSR count). The van der Waals surface area contributed by atoms with Gasteiger partial charge in [-0.1, -0.05) is 0 Å². The summed E-state index contributed by atoms with van der Waals surface area (Å²) in [4.78, 5) is 37.5. The second kappa shape index (κ2) is 7.32. The molecular formula is C17H18N4O4. The largest absolute Gasteiger partial charge is 0.379 e. The molecule has 0 saturated carbocycles. The number of carbonyl (C=O) groups is 3. The van der Waals surface area contributed by atoms with Gasteiger partial charge in [-0.15, -0.1) is 0 Å². The molecule has 4 amide bonds. The molecule has 2 N–H and O–H groups in total. The van der Waals surface area contributed by atoms with E-state index in [0.29, 0.717) is 24.5 Å². The summed E-state index contributed by atoms with van der Waals surface area (Å²) in [5, 5.41) is 14.3. The Hall–Kier alpha value is -2.92. The van der Waals surface area contributed by atoms with E-state index >= 15 is 0 Å². The maximum absolute atomic E-state index is 12.5. The summed E-state index contributed by atoms with van der Waals surface area (Å²) < 4.78 is 5.19. The zero-order valence-corrected chi connectivity index (χ0v) is 13.5.